The fourth-order valence-corrected chi connectivity index (χ4v) is 1.65. The minimum atomic E-state index is -1.61. The summed E-state index contributed by atoms with van der Waals surface area (Å²) in [6.45, 7) is 1.97. The molecule has 0 radical (unpaired) electrons. The second kappa shape index (κ2) is 5.78. The van der Waals surface area contributed by atoms with Gasteiger partial charge in [-0.05, 0) is 0 Å². The first-order valence-corrected chi connectivity index (χ1v) is 5.20. The Morgan fingerprint density at radius 3 is 2.17 bits per heavy atom. The molecule has 1 heterocycles. The standard InChI is InChI=1S/C10H14O8/c1-4(11)17-6-3-16-9(10(14)15)7(13)8(6)18-5(2)12/h6-9,13H,3H2,1-2H3,(H,14,15)/t6-,7-,8+,9-/m0/s1. The highest BCUT2D eigenvalue weighted by Gasteiger charge is 2.46. The van der Waals surface area contributed by atoms with Crippen molar-refractivity contribution in [3.05, 3.63) is 0 Å². The lowest BCUT2D eigenvalue weighted by atomic mass is 9.99. The third-order valence-electron chi connectivity index (χ3n) is 2.32. The Labute approximate surface area is 102 Å². The van der Waals surface area contributed by atoms with Crippen LogP contribution in [0.5, 0.6) is 0 Å². The smallest absolute Gasteiger partial charge is 0.335 e. The molecule has 1 fully saturated rings. The Morgan fingerprint density at radius 2 is 1.72 bits per heavy atom. The van der Waals surface area contributed by atoms with E-state index in [1.807, 2.05) is 0 Å². The van der Waals surface area contributed by atoms with Crippen LogP contribution in [0.15, 0.2) is 0 Å². The summed E-state index contributed by atoms with van der Waals surface area (Å²) in [5, 5.41) is 18.6. The number of aliphatic carboxylic acids is 1. The number of aliphatic hydroxyl groups is 1. The fraction of sp³-hybridized carbons (Fsp3) is 0.700. The van der Waals surface area contributed by atoms with Crippen LogP contribution in [0, 0.1) is 0 Å². The molecule has 8 nitrogen and oxygen atoms in total. The van der Waals surface area contributed by atoms with Crippen LogP contribution in [0.3, 0.4) is 0 Å². The van der Waals surface area contributed by atoms with Gasteiger partial charge in [-0.2, -0.15) is 0 Å². The highest BCUT2D eigenvalue weighted by atomic mass is 16.6. The van der Waals surface area contributed by atoms with E-state index in [2.05, 4.69) is 0 Å². The number of carboxylic acid groups (broad SMARTS) is 1. The molecule has 0 aromatic carbocycles. The monoisotopic (exact) mass is 262 g/mol. The van der Waals surface area contributed by atoms with Gasteiger partial charge in [-0.25, -0.2) is 4.79 Å². The Bertz CT molecular complexity index is 350. The number of carbonyl (C=O) groups is 3. The number of ether oxygens (including phenoxy) is 3. The Hall–Kier alpha value is -1.67. The number of hydrogen-bond acceptors (Lipinski definition) is 7. The van der Waals surface area contributed by atoms with E-state index in [0.717, 1.165) is 13.8 Å². The average molecular weight is 262 g/mol. The molecule has 102 valence electrons. The molecule has 0 aromatic heterocycles. The van der Waals surface area contributed by atoms with Gasteiger partial charge in [0.15, 0.2) is 18.3 Å². The molecular weight excluding hydrogens is 248 g/mol. The van der Waals surface area contributed by atoms with E-state index in [1.54, 1.807) is 0 Å². The van der Waals surface area contributed by atoms with Crippen LogP contribution in [-0.2, 0) is 28.6 Å². The summed E-state index contributed by atoms with van der Waals surface area (Å²) < 4.78 is 14.5. The molecule has 0 bridgehead atoms. The maximum Gasteiger partial charge on any atom is 0.335 e. The van der Waals surface area contributed by atoms with Crippen molar-refractivity contribution in [2.45, 2.75) is 38.3 Å². The van der Waals surface area contributed by atoms with Gasteiger partial charge in [0, 0.05) is 13.8 Å². The lowest BCUT2D eigenvalue weighted by Gasteiger charge is -2.36. The van der Waals surface area contributed by atoms with E-state index in [9.17, 15) is 19.5 Å². The number of hydrogen-bond donors (Lipinski definition) is 2. The molecule has 0 aliphatic carbocycles. The van der Waals surface area contributed by atoms with E-state index in [4.69, 9.17) is 19.3 Å². The minimum Gasteiger partial charge on any atom is -0.479 e. The van der Waals surface area contributed by atoms with E-state index in [0.29, 0.717) is 0 Å². The second-order valence-electron chi connectivity index (χ2n) is 3.80. The Morgan fingerprint density at radius 1 is 1.17 bits per heavy atom. The molecule has 0 spiro atoms. The van der Waals surface area contributed by atoms with Crippen LogP contribution in [0.2, 0.25) is 0 Å². The third kappa shape index (κ3) is 3.41. The lowest BCUT2D eigenvalue weighted by molar-refractivity contribution is -0.221. The van der Waals surface area contributed by atoms with Gasteiger partial charge < -0.3 is 24.4 Å². The van der Waals surface area contributed by atoms with Crippen molar-refractivity contribution in [2.75, 3.05) is 6.61 Å². The van der Waals surface area contributed by atoms with Gasteiger partial charge in [0.05, 0.1) is 6.61 Å². The van der Waals surface area contributed by atoms with Gasteiger partial charge in [0.1, 0.15) is 6.10 Å². The second-order valence-corrected chi connectivity index (χ2v) is 3.80. The SMILES string of the molecule is CC(=O)O[C@H]1[C@H](O)[C@@H](C(=O)O)OC[C@@H]1OC(C)=O. The lowest BCUT2D eigenvalue weighted by Crippen LogP contribution is -2.58. The maximum atomic E-state index is 10.9. The average Bonchev–Trinajstić information content (AvgIpc) is 2.21. The largest absolute Gasteiger partial charge is 0.479 e. The van der Waals surface area contributed by atoms with Crippen molar-refractivity contribution in [1.82, 2.24) is 0 Å². The van der Waals surface area contributed by atoms with Crippen LogP contribution in [0.4, 0.5) is 0 Å². The number of aliphatic hydroxyl groups excluding tert-OH is 1. The van der Waals surface area contributed by atoms with Crippen molar-refractivity contribution >= 4 is 17.9 Å². The molecular formula is C10H14O8. The predicted molar refractivity (Wildman–Crippen MR) is 54.5 cm³/mol. The van der Waals surface area contributed by atoms with E-state index in [1.165, 1.54) is 0 Å². The van der Waals surface area contributed by atoms with E-state index < -0.39 is 42.3 Å². The van der Waals surface area contributed by atoms with Crippen LogP contribution >= 0.6 is 0 Å². The quantitative estimate of drug-likeness (QED) is 0.602. The van der Waals surface area contributed by atoms with Crippen LogP contribution < -0.4 is 0 Å². The van der Waals surface area contributed by atoms with E-state index in [-0.39, 0.29) is 6.61 Å². The molecule has 0 unspecified atom stereocenters. The normalized spacial score (nSPS) is 31.5. The molecule has 0 aromatic rings. The van der Waals surface area contributed by atoms with Gasteiger partial charge in [-0.3, -0.25) is 9.59 Å². The summed E-state index contributed by atoms with van der Waals surface area (Å²) in [5.74, 6) is -2.76. The number of esters is 2. The molecule has 1 aliphatic rings. The summed E-state index contributed by atoms with van der Waals surface area (Å²) in [6.07, 6.45) is -5.43. The first-order valence-electron chi connectivity index (χ1n) is 5.20. The summed E-state index contributed by atoms with van der Waals surface area (Å²) in [5.41, 5.74) is 0. The molecule has 1 saturated heterocycles. The van der Waals surface area contributed by atoms with Gasteiger partial charge in [0.25, 0.3) is 0 Å². The van der Waals surface area contributed by atoms with Gasteiger partial charge >= 0.3 is 17.9 Å². The van der Waals surface area contributed by atoms with Crippen LogP contribution in [-0.4, -0.2) is 59.1 Å². The van der Waals surface area contributed by atoms with E-state index >= 15 is 0 Å². The summed E-state index contributed by atoms with van der Waals surface area (Å²) in [6, 6.07) is 0. The zero-order valence-corrected chi connectivity index (χ0v) is 9.86. The topological polar surface area (TPSA) is 119 Å². The molecule has 0 amide bonds. The van der Waals surface area contributed by atoms with Gasteiger partial charge in [-0.15, -0.1) is 0 Å². The number of carboxylic acids is 1. The highest BCUT2D eigenvalue weighted by Crippen LogP contribution is 2.21. The molecule has 8 heteroatoms. The third-order valence-corrected chi connectivity index (χ3v) is 2.32. The molecule has 4 atom stereocenters. The molecule has 0 saturated carbocycles. The molecule has 1 aliphatic heterocycles. The Balaban J connectivity index is 2.84. The summed E-state index contributed by atoms with van der Waals surface area (Å²) in [4.78, 5) is 32.5. The van der Waals surface area contributed by atoms with Crippen molar-refractivity contribution in [1.29, 1.82) is 0 Å². The highest BCUT2D eigenvalue weighted by molar-refractivity contribution is 5.74. The van der Waals surface area contributed by atoms with Crippen molar-refractivity contribution < 1.29 is 38.8 Å². The van der Waals surface area contributed by atoms with Crippen molar-refractivity contribution in [3.63, 3.8) is 0 Å². The summed E-state index contributed by atoms with van der Waals surface area (Å²) in [7, 11) is 0. The van der Waals surface area contributed by atoms with Crippen molar-refractivity contribution in [2.24, 2.45) is 0 Å². The fourth-order valence-electron chi connectivity index (χ4n) is 1.65. The number of rotatable bonds is 3. The molecule has 18 heavy (non-hydrogen) atoms. The van der Waals surface area contributed by atoms with Gasteiger partial charge in [0.2, 0.25) is 0 Å². The predicted octanol–water partition coefficient (Wildman–Crippen LogP) is -1.31. The number of carbonyl (C=O) groups excluding carboxylic acids is 2. The first kappa shape index (κ1) is 14.4. The minimum absolute atomic E-state index is 0.272. The van der Waals surface area contributed by atoms with Crippen molar-refractivity contribution in [3.8, 4) is 0 Å². The Kier molecular flexibility index (Phi) is 4.62. The zero-order valence-electron chi connectivity index (χ0n) is 9.86. The zero-order chi connectivity index (χ0) is 13.9. The molecule has 2 N–H and O–H groups in total. The van der Waals surface area contributed by atoms with Crippen LogP contribution in [0.1, 0.15) is 13.8 Å². The first-order chi connectivity index (χ1) is 8.32. The van der Waals surface area contributed by atoms with Gasteiger partial charge in [-0.1, -0.05) is 0 Å². The maximum absolute atomic E-state index is 10.9. The van der Waals surface area contributed by atoms with Crippen LogP contribution in [0.25, 0.3) is 0 Å². The summed E-state index contributed by atoms with van der Waals surface area (Å²) >= 11 is 0. The molecule has 1 rings (SSSR count).